The minimum Gasteiger partial charge on any atom is -0.481 e. The molecule has 32 heavy (non-hydrogen) atoms. The van der Waals surface area contributed by atoms with Crippen molar-refractivity contribution >= 4 is 29.8 Å². The third-order valence-corrected chi connectivity index (χ3v) is 5.47. The summed E-state index contributed by atoms with van der Waals surface area (Å²) in [6.45, 7) is 1.94. The van der Waals surface area contributed by atoms with Gasteiger partial charge in [0.15, 0.2) is 0 Å². The second kappa shape index (κ2) is 12.5. The summed E-state index contributed by atoms with van der Waals surface area (Å²) in [6, 6.07) is 9.33. The van der Waals surface area contributed by atoms with E-state index in [0.29, 0.717) is 26.1 Å². The van der Waals surface area contributed by atoms with Crippen LogP contribution >= 0.6 is 0 Å². The third-order valence-electron chi connectivity index (χ3n) is 5.47. The fourth-order valence-corrected chi connectivity index (χ4v) is 3.73. The van der Waals surface area contributed by atoms with Crippen molar-refractivity contribution in [3.63, 3.8) is 0 Å². The van der Waals surface area contributed by atoms with Crippen LogP contribution in [0.4, 0.5) is 15.3 Å². The highest BCUT2D eigenvalue weighted by molar-refractivity contribution is 5.93. The van der Waals surface area contributed by atoms with Gasteiger partial charge in [-0.1, -0.05) is 18.2 Å². The van der Waals surface area contributed by atoms with Crippen molar-refractivity contribution in [2.75, 3.05) is 45.7 Å². The molecule has 176 valence electrons. The molecule has 2 heterocycles. The molecule has 2 saturated heterocycles. The van der Waals surface area contributed by atoms with Crippen LogP contribution in [0.15, 0.2) is 30.3 Å². The Hall–Kier alpha value is -3.30. The molecular weight excluding hydrogens is 418 g/mol. The summed E-state index contributed by atoms with van der Waals surface area (Å²) in [5.41, 5.74) is 0.780. The van der Waals surface area contributed by atoms with Gasteiger partial charge in [-0.2, -0.15) is 0 Å². The number of nitrogens with zero attached hydrogens (tertiary/aromatic N) is 2. The van der Waals surface area contributed by atoms with Gasteiger partial charge in [0.2, 0.25) is 5.91 Å². The standard InChI is InChI=1S/C14H18N2O3.C8H13NO4/c1-19-14(18)16-9-5-6-11(10-16)13(17)15-12-7-3-2-4-8-12;1-13-8(12)9-4-2-3-6(5-9)7(10)11/h2-4,7-8,11H,5-6,9-10H2,1H3,(H,15,17);6H,2-5H2,1H3,(H,10,11)/t11-;6-/m11/s1. The average molecular weight is 450 g/mol. The first-order valence-corrected chi connectivity index (χ1v) is 10.6. The van der Waals surface area contributed by atoms with Crippen LogP contribution < -0.4 is 5.32 Å². The Balaban J connectivity index is 0.000000244. The lowest BCUT2D eigenvalue weighted by Gasteiger charge is -2.30. The molecule has 0 unspecified atom stereocenters. The van der Waals surface area contributed by atoms with Gasteiger partial charge >= 0.3 is 18.2 Å². The highest BCUT2D eigenvalue weighted by atomic mass is 16.5. The Morgan fingerprint density at radius 1 is 0.875 bits per heavy atom. The summed E-state index contributed by atoms with van der Waals surface area (Å²) in [4.78, 5) is 48.3. The predicted octanol–water partition coefficient (Wildman–Crippen LogP) is 2.65. The van der Waals surface area contributed by atoms with Crippen molar-refractivity contribution in [3.05, 3.63) is 30.3 Å². The van der Waals surface area contributed by atoms with E-state index in [0.717, 1.165) is 24.9 Å². The quantitative estimate of drug-likeness (QED) is 0.727. The van der Waals surface area contributed by atoms with Gasteiger partial charge in [-0.3, -0.25) is 9.59 Å². The van der Waals surface area contributed by atoms with E-state index >= 15 is 0 Å². The lowest BCUT2D eigenvalue weighted by Crippen LogP contribution is -2.43. The number of hydrogen-bond donors (Lipinski definition) is 2. The van der Waals surface area contributed by atoms with E-state index in [1.165, 1.54) is 19.1 Å². The summed E-state index contributed by atoms with van der Waals surface area (Å²) in [5.74, 6) is -1.49. The van der Waals surface area contributed by atoms with Crippen LogP contribution in [0.25, 0.3) is 0 Å². The first-order chi connectivity index (χ1) is 15.3. The van der Waals surface area contributed by atoms with Gasteiger partial charge in [0.05, 0.1) is 26.1 Å². The summed E-state index contributed by atoms with van der Waals surface area (Å²) in [7, 11) is 2.66. The molecule has 0 bridgehead atoms. The van der Waals surface area contributed by atoms with Crippen LogP contribution in [0, 0.1) is 11.8 Å². The fourth-order valence-electron chi connectivity index (χ4n) is 3.73. The molecule has 0 radical (unpaired) electrons. The second-order valence-corrected chi connectivity index (χ2v) is 7.70. The van der Waals surface area contributed by atoms with Gasteiger partial charge in [0.1, 0.15) is 0 Å². The molecule has 2 atom stereocenters. The van der Waals surface area contributed by atoms with E-state index < -0.39 is 18.0 Å². The van der Waals surface area contributed by atoms with Crippen LogP contribution in [-0.2, 0) is 19.1 Å². The van der Waals surface area contributed by atoms with Gasteiger partial charge in [0.25, 0.3) is 0 Å². The summed E-state index contributed by atoms with van der Waals surface area (Å²) < 4.78 is 9.20. The van der Waals surface area contributed by atoms with Crippen LogP contribution in [0.2, 0.25) is 0 Å². The maximum atomic E-state index is 12.1. The van der Waals surface area contributed by atoms with Crippen molar-refractivity contribution in [3.8, 4) is 0 Å². The molecule has 3 rings (SSSR count). The number of ether oxygens (including phenoxy) is 2. The number of carboxylic acids is 1. The molecule has 2 N–H and O–H groups in total. The number of benzene rings is 1. The van der Waals surface area contributed by atoms with Crippen LogP contribution in [0.3, 0.4) is 0 Å². The van der Waals surface area contributed by atoms with Crippen molar-refractivity contribution in [2.24, 2.45) is 11.8 Å². The second-order valence-electron chi connectivity index (χ2n) is 7.70. The molecule has 10 nitrogen and oxygen atoms in total. The molecule has 0 spiro atoms. The van der Waals surface area contributed by atoms with E-state index in [2.05, 4.69) is 10.1 Å². The number of amides is 3. The fraction of sp³-hybridized carbons (Fsp3) is 0.545. The molecule has 3 amide bonds. The smallest absolute Gasteiger partial charge is 0.409 e. The van der Waals surface area contributed by atoms with Gasteiger partial charge in [-0.05, 0) is 37.8 Å². The van der Waals surface area contributed by atoms with Gasteiger partial charge in [-0.15, -0.1) is 0 Å². The van der Waals surface area contributed by atoms with Gasteiger partial charge < -0.3 is 29.7 Å². The summed E-state index contributed by atoms with van der Waals surface area (Å²) >= 11 is 0. The molecular formula is C22H31N3O7. The number of rotatable bonds is 3. The monoisotopic (exact) mass is 449 g/mol. The number of hydrogen-bond acceptors (Lipinski definition) is 6. The Kier molecular flexibility index (Phi) is 9.77. The highest BCUT2D eigenvalue weighted by Crippen LogP contribution is 2.19. The maximum absolute atomic E-state index is 12.1. The van der Waals surface area contributed by atoms with Crippen LogP contribution in [0.1, 0.15) is 25.7 Å². The minimum absolute atomic E-state index is 0.0418. The lowest BCUT2D eigenvalue weighted by molar-refractivity contribution is -0.143. The maximum Gasteiger partial charge on any atom is 0.409 e. The Morgan fingerprint density at radius 2 is 1.38 bits per heavy atom. The zero-order valence-electron chi connectivity index (χ0n) is 18.5. The van der Waals surface area contributed by atoms with Crippen molar-refractivity contribution in [1.82, 2.24) is 9.80 Å². The molecule has 10 heteroatoms. The minimum atomic E-state index is -0.839. The van der Waals surface area contributed by atoms with Crippen LogP contribution in [-0.4, -0.2) is 79.4 Å². The van der Waals surface area contributed by atoms with E-state index in [1.54, 1.807) is 4.90 Å². The number of methoxy groups -OCH3 is 2. The number of carboxylic acid groups (broad SMARTS) is 1. The van der Waals surface area contributed by atoms with E-state index in [-0.39, 0.29) is 24.5 Å². The number of piperidine rings is 2. The number of carbonyl (C=O) groups excluding carboxylic acids is 3. The van der Waals surface area contributed by atoms with E-state index in [9.17, 15) is 19.2 Å². The largest absolute Gasteiger partial charge is 0.481 e. The van der Waals surface area contributed by atoms with Crippen molar-refractivity contribution in [1.29, 1.82) is 0 Å². The molecule has 2 aliphatic heterocycles. The summed E-state index contributed by atoms with van der Waals surface area (Å²) in [5, 5.41) is 11.6. The number of nitrogens with one attached hydrogen (secondary N) is 1. The van der Waals surface area contributed by atoms with Crippen molar-refractivity contribution < 1.29 is 33.8 Å². The van der Waals surface area contributed by atoms with E-state index in [1.807, 2.05) is 30.3 Å². The number of aliphatic carboxylic acids is 1. The topological polar surface area (TPSA) is 125 Å². The first-order valence-electron chi connectivity index (χ1n) is 10.6. The number of likely N-dealkylation sites (tertiary alicyclic amines) is 2. The third kappa shape index (κ3) is 7.44. The molecule has 1 aromatic carbocycles. The zero-order valence-corrected chi connectivity index (χ0v) is 18.5. The molecule has 0 aromatic heterocycles. The Labute approximate surface area is 187 Å². The average Bonchev–Trinajstić information content (AvgIpc) is 2.84. The zero-order chi connectivity index (χ0) is 23.5. The Morgan fingerprint density at radius 3 is 1.88 bits per heavy atom. The highest BCUT2D eigenvalue weighted by Gasteiger charge is 2.29. The van der Waals surface area contributed by atoms with Gasteiger partial charge in [0, 0.05) is 31.9 Å². The normalized spacial score (nSPS) is 20.3. The van der Waals surface area contributed by atoms with Crippen molar-refractivity contribution in [2.45, 2.75) is 25.7 Å². The molecule has 1 aromatic rings. The van der Waals surface area contributed by atoms with Gasteiger partial charge in [-0.25, -0.2) is 9.59 Å². The van der Waals surface area contributed by atoms with Crippen LogP contribution in [0.5, 0.6) is 0 Å². The molecule has 0 aliphatic carbocycles. The molecule has 2 aliphatic rings. The number of carbonyl (C=O) groups is 4. The Bertz CT molecular complexity index is 787. The first kappa shape index (κ1) is 25.0. The number of anilines is 1. The predicted molar refractivity (Wildman–Crippen MR) is 116 cm³/mol. The molecule has 0 saturated carbocycles. The van der Waals surface area contributed by atoms with E-state index in [4.69, 9.17) is 9.84 Å². The number of para-hydroxylation sites is 1. The lowest BCUT2D eigenvalue weighted by atomic mass is 9.97. The SMILES string of the molecule is COC(=O)N1CCC[C@@H](C(=O)Nc2ccccc2)C1.COC(=O)N1CCC[C@@H](C(=O)O)C1. The summed E-state index contributed by atoms with van der Waals surface area (Å²) in [6.07, 6.45) is 2.19. The molecule has 2 fully saturated rings.